The van der Waals surface area contributed by atoms with E-state index in [2.05, 4.69) is 0 Å². The Morgan fingerprint density at radius 1 is 1.25 bits per heavy atom. The largest absolute Gasteiger partial charge is 0.254 e. The first-order valence-electron chi connectivity index (χ1n) is 5.54. The minimum atomic E-state index is -1.57. The monoisotopic (exact) mass is 311 g/mol. The zero-order valence-corrected chi connectivity index (χ0v) is 11.6. The predicted molar refractivity (Wildman–Crippen MR) is 72.6 cm³/mol. The lowest BCUT2D eigenvalue weighted by atomic mass is 10.1. The second-order valence-corrected chi connectivity index (χ2v) is 5.81. The van der Waals surface area contributed by atoms with Gasteiger partial charge < -0.3 is 0 Å². The highest BCUT2D eigenvalue weighted by atomic mass is 35.5. The van der Waals surface area contributed by atoms with Gasteiger partial charge in [0.05, 0.1) is 27.1 Å². The van der Waals surface area contributed by atoms with E-state index in [4.69, 9.17) is 16.9 Å². The molecule has 2 rings (SSSR count). The Morgan fingerprint density at radius 2 is 2.00 bits per heavy atom. The molecule has 0 fully saturated rings. The molecule has 2 nitrogen and oxygen atoms in total. The Labute approximate surface area is 122 Å². The number of benzene rings is 2. The molecule has 0 aliphatic carbocycles. The molecule has 0 aliphatic rings. The third-order valence-electron chi connectivity index (χ3n) is 2.64. The molecule has 0 saturated heterocycles. The van der Waals surface area contributed by atoms with E-state index in [1.54, 1.807) is 6.07 Å². The van der Waals surface area contributed by atoms with Crippen LogP contribution >= 0.6 is 11.6 Å². The highest BCUT2D eigenvalue weighted by molar-refractivity contribution is 7.84. The summed E-state index contributed by atoms with van der Waals surface area (Å²) in [6.07, 6.45) is 0. The van der Waals surface area contributed by atoms with Crippen LogP contribution in [0.25, 0.3) is 0 Å². The lowest BCUT2D eigenvalue weighted by molar-refractivity contribution is 0.611. The van der Waals surface area contributed by atoms with Gasteiger partial charge in [0.15, 0.2) is 0 Å². The summed E-state index contributed by atoms with van der Waals surface area (Å²) in [5.74, 6) is -1.40. The smallest absolute Gasteiger partial charge is 0.145 e. The highest BCUT2D eigenvalue weighted by Crippen LogP contribution is 2.21. The summed E-state index contributed by atoms with van der Waals surface area (Å²) < 4.78 is 39.0. The van der Waals surface area contributed by atoms with Crippen molar-refractivity contribution in [2.24, 2.45) is 0 Å². The second-order valence-electron chi connectivity index (χ2n) is 3.96. The van der Waals surface area contributed by atoms with E-state index >= 15 is 0 Å². The van der Waals surface area contributed by atoms with Gasteiger partial charge in [0.1, 0.15) is 17.7 Å². The Hall–Kier alpha value is -1.77. The van der Waals surface area contributed by atoms with Crippen LogP contribution in [0.15, 0.2) is 41.3 Å². The van der Waals surface area contributed by atoms with Crippen molar-refractivity contribution in [3.05, 3.63) is 64.2 Å². The van der Waals surface area contributed by atoms with Crippen LogP contribution in [-0.4, -0.2) is 4.21 Å². The van der Waals surface area contributed by atoms with Crippen LogP contribution in [-0.2, 0) is 16.6 Å². The fourth-order valence-electron chi connectivity index (χ4n) is 1.62. The first-order valence-corrected chi connectivity index (χ1v) is 7.23. The van der Waals surface area contributed by atoms with Gasteiger partial charge in [0.2, 0.25) is 0 Å². The minimum absolute atomic E-state index is 0.100. The Bertz CT molecular complexity index is 728. The summed E-state index contributed by atoms with van der Waals surface area (Å²) in [6.45, 7) is 0. The molecule has 0 heterocycles. The quantitative estimate of drug-likeness (QED) is 0.865. The maximum Gasteiger partial charge on any atom is 0.145 e. The average Bonchev–Trinajstić information content (AvgIpc) is 2.44. The molecule has 0 N–H and O–H groups in total. The van der Waals surface area contributed by atoms with E-state index in [0.29, 0.717) is 4.90 Å². The van der Waals surface area contributed by atoms with Crippen LogP contribution in [0.4, 0.5) is 8.78 Å². The van der Waals surface area contributed by atoms with Crippen molar-refractivity contribution < 1.29 is 13.0 Å². The molecule has 2 aromatic rings. The second kappa shape index (κ2) is 6.12. The van der Waals surface area contributed by atoms with E-state index < -0.39 is 22.4 Å². The molecular weight excluding hydrogens is 304 g/mol. The first-order chi connectivity index (χ1) is 9.52. The lowest BCUT2D eigenvalue weighted by Gasteiger charge is -2.05. The Kier molecular flexibility index (Phi) is 4.48. The third-order valence-corrected chi connectivity index (χ3v) is 4.28. The van der Waals surface area contributed by atoms with E-state index in [9.17, 15) is 13.0 Å². The van der Waals surface area contributed by atoms with Crippen LogP contribution in [0.2, 0.25) is 5.02 Å². The SMILES string of the molecule is N#Cc1cccc(CS(=O)c2ccc(F)c(Cl)c2)c1F. The van der Waals surface area contributed by atoms with Crippen molar-refractivity contribution in [3.8, 4) is 6.07 Å². The molecule has 20 heavy (non-hydrogen) atoms. The zero-order chi connectivity index (χ0) is 14.7. The fraction of sp³-hybridized carbons (Fsp3) is 0.0714. The summed E-state index contributed by atoms with van der Waals surface area (Å²) in [4.78, 5) is 0.304. The first kappa shape index (κ1) is 14.6. The molecule has 0 aromatic heterocycles. The molecule has 0 aliphatic heterocycles. The summed E-state index contributed by atoms with van der Waals surface area (Å²) in [5, 5.41) is 8.60. The van der Waals surface area contributed by atoms with Gasteiger partial charge in [0.25, 0.3) is 0 Å². The summed E-state index contributed by atoms with van der Waals surface area (Å²) >= 11 is 5.61. The number of nitrogens with zero attached hydrogens (tertiary/aromatic N) is 1. The van der Waals surface area contributed by atoms with Gasteiger partial charge in [-0.3, -0.25) is 4.21 Å². The molecule has 0 saturated carbocycles. The Balaban J connectivity index is 2.28. The van der Waals surface area contributed by atoms with Crippen molar-refractivity contribution in [2.45, 2.75) is 10.6 Å². The van der Waals surface area contributed by atoms with Crippen LogP contribution < -0.4 is 0 Å². The maximum atomic E-state index is 13.8. The van der Waals surface area contributed by atoms with Gasteiger partial charge in [-0.25, -0.2) is 8.78 Å². The van der Waals surface area contributed by atoms with Gasteiger partial charge in [-0.05, 0) is 24.3 Å². The molecule has 2 aromatic carbocycles. The fourth-order valence-corrected chi connectivity index (χ4v) is 3.01. The third kappa shape index (κ3) is 3.03. The van der Waals surface area contributed by atoms with Gasteiger partial charge in [0, 0.05) is 10.5 Å². The van der Waals surface area contributed by atoms with Gasteiger partial charge in [-0.1, -0.05) is 23.7 Å². The molecular formula is C14H8ClF2NOS. The van der Waals surface area contributed by atoms with Crippen molar-refractivity contribution in [1.82, 2.24) is 0 Å². The molecule has 102 valence electrons. The maximum absolute atomic E-state index is 13.8. The predicted octanol–water partition coefficient (Wildman–Crippen LogP) is 3.80. The summed E-state index contributed by atoms with van der Waals surface area (Å²) in [6, 6.07) is 9.74. The minimum Gasteiger partial charge on any atom is -0.254 e. The molecule has 0 radical (unpaired) electrons. The van der Waals surface area contributed by atoms with Crippen molar-refractivity contribution in [1.29, 1.82) is 5.26 Å². The molecule has 0 amide bonds. The van der Waals surface area contributed by atoms with Crippen LogP contribution in [0.5, 0.6) is 0 Å². The van der Waals surface area contributed by atoms with Crippen molar-refractivity contribution in [2.75, 3.05) is 0 Å². The highest BCUT2D eigenvalue weighted by Gasteiger charge is 2.13. The molecule has 1 atom stereocenters. The van der Waals surface area contributed by atoms with E-state index in [0.717, 1.165) is 6.07 Å². The van der Waals surface area contributed by atoms with E-state index in [1.165, 1.54) is 30.3 Å². The normalized spacial score (nSPS) is 11.9. The average molecular weight is 312 g/mol. The summed E-state index contributed by atoms with van der Waals surface area (Å²) in [7, 11) is -1.57. The van der Waals surface area contributed by atoms with Crippen LogP contribution in [0.1, 0.15) is 11.1 Å². The Morgan fingerprint density at radius 3 is 2.65 bits per heavy atom. The zero-order valence-electron chi connectivity index (χ0n) is 10.1. The molecule has 6 heteroatoms. The molecule has 0 bridgehead atoms. The van der Waals surface area contributed by atoms with Crippen LogP contribution in [0.3, 0.4) is 0 Å². The summed E-state index contributed by atoms with van der Waals surface area (Å²) in [5.41, 5.74) is 0.0690. The number of nitriles is 1. The topological polar surface area (TPSA) is 40.9 Å². The van der Waals surface area contributed by atoms with Crippen molar-refractivity contribution in [3.63, 3.8) is 0 Å². The standard InChI is InChI=1S/C14H8ClF2NOS/c15-12-6-11(4-5-13(12)16)20(19)8-10-3-1-2-9(7-18)14(10)17/h1-6H,8H2. The van der Waals surface area contributed by atoms with Gasteiger partial charge in [-0.15, -0.1) is 0 Å². The van der Waals surface area contributed by atoms with E-state index in [1.807, 2.05) is 0 Å². The van der Waals surface area contributed by atoms with Gasteiger partial charge >= 0.3 is 0 Å². The molecule has 1 unspecified atom stereocenters. The number of rotatable bonds is 3. The number of hydrogen-bond donors (Lipinski definition) is 0. The number of hydrogen-bond acceptors (Lipinski definition) is 2. The molecule has 0 spiro atoms. The van der Waals surface area contributed by atoms with E-state index in [-0.39, 0.29) is 21.9 Å². The van der Waals surface area contributed by atoms with Gasteiger partial charge in [-0.2, -0.15) is 5.26 Å². The van der Waals surface area contributed by atoms with Crippen LogP contribution in [0, 0.1) is 23.0 Å². The lowest BCUT2D eigenvalue weighted by Crippen LogP contribution is -2.01. The number of halogens is 3. The van der Waals surface area contributed by atoms with Crippen molar-refractivity contribution >= 4 is 22.4 Å².